The lowest BCUT2D eigenvalue weighted by molar-refractivity contribution is -0.255. The summed E-state index contributed by atoms with van der Waals surface area (Å²) >= 11 is 0. The van der Waals surface area contributed by atoms with Gasteiger partial charge in [0.15, 0.2) is 12.1 Å². The zero-order valence-corrected chi connectivity index (χ0v) is 28.6. The predicted molar refractivity (Wildman–Crippen MR) is 185 cm³/mol. The molecule has 3 aliphatic heterocycles. The zero-order valence-electron chi connectivity index (χ0n) is 28.6. The highest BCUT2D eigenvalue weighted by molar-refractivity contribution is 5.76. The maximum atomic E-state index is 12.5. The van der Waals surface area contributed by atoms with Crippen LogP contribution in [0.2, 0.25) is 0 Å². The lowest BCUT2D eigenvalue weighted by Crippen LogP contribution is -2.48. The standard InChI is InChI=1S/C39H49N3O8/c43-27-28-10-12-30(13-11-28)35-24-33(26-42-20-18-39(19-21-42)47-22-23-48-39)49-38(50-35)31-16-14-29(15-17-31)34-7-5-4-6-32(34)25-40-36(44)8-2-1-3-9-37(45)41-46/h4-7,10-17,33,35,38,43,46H,1-3,8-9,18-27H2,(H,40,44)(H,41,45)/t33-,35+,38+/m0/s1. The molecule has 0 bridgehead atoms. The molecule has 3 aromatic rings. The Balaban J connectivity index is 1.09. The maximum Gasteiger partial charge on any atom is 0.243 e. The van der Waals surface area contributed by atoms with Crippen molar-refractivity contribution in [2.45, 2.75) is 88.8 Å². The summed E-state index contributed by atoms with van der Waals surface area (Å²) in [5, 5.41) is 21.2. The molecule has 0 radical (unpaired) electrons. The Labute approximate surface area is 293 Å². The Hall–Kier alpha value is -3.68. The molecule has 0 saturated carbocycles. The molecular formula is C39H49N3O8. The number of hydrogen-bond acceptors (Lipinski definition) is 9. The van der Waals surface area contributed by atoms with E-state index in [1.807, 2.05) is 42.5 Å². The number of piperidine rings is 1. The van der Waals surface area contributed by atoms with Crippen LogP contribution in [0, 0.1) is 0 Å². The molecule has 0 unspecified atom stereocenters. The molecule has 3 aliphatic rings. The van der Waals surface area contributed by atoms with Crippen LogP contribution in [0.1, 0.15) is 86.0 Å². The highest BCUT2D eigenvalue weighted by atomic mass is 16.7. The van der Waals surface area contributed by atoms with Crippen molar-refractivity contribution in [1.82, 2.24) is 15.7 Å². The second kappa shape index (κ2) is 17.5. The third kappa shape index (κ3) is 9.55. The van der Waals surface area contributed by atoms with Crippen LogP contribution in [0.15, 0.2) is 72.8 Å². The molecular weight excluding hydrogens is 638 g/mol. The first-order valence-electron chi connectivity index (χ1n) is 17.8. The molecule has 11 heteroatoms. The van der Waals surface area contributed by atoms with Crippen LogP contribution in [0.4, 0.5) is 0 Å². The van der Waals surface area contributed by atoms with E-state index >= 15 is 0 Å². The lowest BCUT2D eigenvalue weighted by atomic mass is 9.97. The van der Waals surface area contributed by atoms with Gasteiger partial charge in [0.25, 0.3) is 0 Å². The largest absolute Gasteiger partial charge is 0.392 e. The van der Waals surface area contributed by atoms with Crippen LogP contribution < -0.4 is 10.8 Å². The number of ether oxygens (including phenoxy) is 4. The van der Waals surface area contributed by atoms with Gasteiger partial charge < -0.3 is 34.3 Å². The fourth-order valence-electron chi connectivity index (χ4n) is 7.04. The highest BCUT2D eigenvalue weighted by Gasteiger charge is 2.41. The molecule has 2 amide bonds. The Bertz CT molecular complexity index is 1530. The van der Waals surface area contributed by atoms with Gasteiger partial charge in [0.05, 0.1) is 32.0 Å². The second-order valence-corrected chi connectivity index (χ2v) is 13.4. The minimum absolute atomic E-state index is 0.000934. The molecule has 4 N–H and O–H groups in total. The molecule has 3 heterocycles. The number of hydroxylamine groups is 1. The number of aliphatic hydroxyl groups is 1. The zero-order chi connectivity index (χ0) is 34.8. The molecule has 268 valence electrons. The van der Waals surface area contributed by atoms with Crippen molar-refractivity contribution < 1.29 is 38.9 Å². The Kier molecular flexibility index (Phi) is 12.6. The van der Waals surface area contributed by atoms with Crippen molar-refractivity contribution in [3.8, 4) is 11.1 Å². The second-order valence-electron chi connectivity index (χ2n) is 13.4. The number of hydrogen-bond donors (Lipinski definition) is 4. The molecule has 50 heavy (non-hydrogen) atoms. The smallest absolute Gasteiger partial charge is 0.243 e. The van der Waals surface area contributed by atoms with Crippen molar-refractivity contribution in [1.29, 1.82) is 0 Å². The van der Waals surface area contributed by atoms with Gasteiger partial charge in [0.2, 0.25) is 11.8 Å². The van der Waals surface area contributed by atoms with E-state index in [1.165, 1.54) is 0 Å². The third-order valence-corrected chi connectivity index (χ3v) is 9.93. The monoisotopic (exact) mass is 687 g/mol. The van der Waals surface area contributed by atoms with Crippen molar-refractivity contribution in [2.75, 3.05) is 32.8 Å². The molecule has 6 rings (SSSR count). The number of likely N-dealkylation sites (tertiary alicyclic amines) is 1. The first-order valence-corrected chi connectivity index (χ1v) is 17.8. The van der Waals surface area contributed by atoms with E-state index in [-0.39, 0.29) is 31.1 Å². The summed E-state index contributed by atoms with van der Waals surface area (Å²) in [5.41, 5.74) is 7.58. The SMILES string of the molecule is O=C(CCCCCC(=O)NCc1ccccc1-c1ccc([C@@H]2O[C@H](CN3CCC4(CC3)OCCO4)C[C@H](c3ccc(CO)cc3)O2)cc1)NO. The summed E-state index contributed by atoms with van der Waals surface area (Å²) in [6.07, 6.45) is 4.35. The molecule has 11 nitrogen and oxygen atoms in total. The van der Waals surface area contributed by atoms with E-state index in [1.54, 1.807) is 5.48 Å². The first kappa shape index (κ1) is 36.1. The number of aliphatic hydroxyl groups excluding tert-OH is 1. The van der Waals surface area contributed by atoms with Gasteiger partial charge in [0, 0.05) is 63.8 Å². The van der Waals surface area contributed by atoms with E-state index in [0.29, 0.717) is 39.0 Å². The van der Waals surface area contributed by atoms with Gasteiger partial charge in [-0.25, -0.2) is 5.48 Å². The summed E-state index contributed by atoms with van der Waals surface area (Å²) in [5.74, 6) is -0.859. The number of amides is 2. The van der Waals surface area contributed by atoms with Gasteiger partial charge in [-0.15, -0.1) is 0 Å². The molecule has 3 saturated heterocycles. The van der Waals surface area contributed by atoms with Crippen LogP contribution in [0.3, 0.4) is 0 Å². The fraction of sp³-hybridized carbons (Fsp3) is 0.487. The van der Waals surface area contributed by atoms with Crippen molar-refractivity contribution in [2.24, 2.45) is 0 Å². The van der Waals surface area contributed by atoms with Gasteiger partial charge in [0.1, 0.15) is 0 Å². The van der Waals surface area contributed by atoms with Gasteiger partial charge >= 0.3 is 0 Å². The minimum atomic E-state index is -0.546. The maximum absolute atomic E-state index is 12.5. The summed E-state index contributed by atoms with van der Waals surface area (Å²) in [6, 6.07) is 24.3. The minimum Gasteiger partial charge on any atom is -0.392 e. The van der Waals surface area contributed by atoms with E-state index < -0.39 is 18.0 Å². The average molecular weight is 688 g/mol. The van der Waals surface area contributed by atoms with E-state index in [0.717, 1.165) is 78.7 Å². The van der Waals surface area contributed by atoms with Gasteiger partial charge in [-0.2, -0.15) is 0 Å². The summed E-state index contributed by atoms with van der Waals surface area (Å²) < 4.78 is 25.1. The van der Waals surface area contributed by atoms with Crippen LogP contribution in [0.25, 0.3) is 11.1 Å². The van der Waals surface area contributed by atoms with Crippen LogP contribution in [0.5, 0.6) is 0 Å². The Morgan fingerprint density at radius 3 is 2.20 bits per heavy atom. The van der Waals surface area contributed by atoms with Crippen molar-refractivity contribution in [3.63, 3.8) is 0 Å². The molecule has 0 aromatic heterocycles. The first-order chi connectivity index (χ1) is 24.4. The molecule has 3 aromatic carbocycles. The lowest BCUT2D eigenvalue weighted by Gasteiger charge is -2.41. The average Bonchev–Trinajstić information content (AvgIpc) is 3.62. The highest BCUT2D eigenvalue weighted by Crippen LogP contribution is 2.40. The van der Waals surface area contributed by atoms with Gasteiger partial charge in [-0.3, -0.25) is 14.8 Å². The number of carbonyl (C=O) groups is 2. The van der Waals surface area contributed by atoms with E-state index in [4.69, 9.17) is 24.2 Å². The Morgan fingerprint density at radius 1 is 0.820 bits per heavy atom. The molecule has 0 aliphatic carbocycles. The summed E-state index contributed by atoms with van der Waals surface area (Å²) in [6.45, 7) is 4.32. The molecule has 1 spiro atoms. The predicted octanol–water partition coefficient (Wildman–Crippen LogP) is 5.30. The normalized spacial score (nSPS) is 22.0. The summed E-state index contributed by atoms with van der Waals surface area (Å²) in [4.78, 5) is 26.1. The van der Waals surface area contributed by atoms with E-state index in [2.05, 4.69) is 40.5 Å². The van der Waals surface area contributed by atoms with Crippen LogP contribution >= 0.6 is 0 Å². The number of rotatable bonds is 14. The number of unbranched alkanes of at least 4 members (excludes halogenated alkanes) is 2. The summed E-state index contributed by atoms with van der Waals surface area (Å²) in [7, 11) is 0. The van der Waals surface area contributed by atoms with Crippen LogP contribution in [-0.2, 0) is 41.7 Å². The van der Waals surface area contributed by atoms with Crippen molar-refractivity contribution >= 4 is 11.8 Å². The third-order valence-electron chi connectivity index (χ3n) is 9.93. The number of carbonyl (C=O) groups excluding carboxylic acids is 2. The topological polar surface area (TPSA) is 139 Å². The Morgan fingerprint density at radius 2 is 1.50 bits per heavy atom. The van der Waals surface area contributed by atoms with Crippen LogP contribution in [-0.4, -0.2) is 71.8 Å². The van der Waals surface area contributed by atoms with Gasteiger partial charge in [-0.1, -0.05) is 79.2 Å². The quantitative estimate of drug-likeness (QED) is 0.101. The molecule has 3 fully saturated rings. The number of benzene rings is 3. The fourth-order valence-corrected chi connectivity index (χ4v) is 7.04. The number of nitrogens with one attached hydrogen (secondary N) is 2. The van der Waals surface area contributed by atoms with Crippen molar-refractivity contribution in [3.05, 3.63) is 95.1 Å². The van der Waals surface area contributed by atoms with E-state index in [9.17, 15) is 14.7 Å². The molecule has 3 atom stereocenters. The van der Waals surface area contributed by atoms with Gasteiger partial charge in [-0.05, 0) is 40.7 Å². The number of nitrogens with zero attached hydrogens (tertiary/aromatic N) is 1.